The maximum atomic E-state index is 11.9. The molecule has 10 heteroatoms. The number of hydrogen-bond acceptors (Lipinski definition) is 9. The van der Waals surface area contributed by atoms with Gasteiger partial charge >= 0.3 is 17.9 Å². The molecule has 1 fully saturated rings. The minimum atomic E-state index is -1.01. The molecule has 0 spiro atoms. The highest BCUT2D eigenvalue weighted by atomic mass is 32.2. The number of hydrogen-bond donors (Lipinski definition) is 0. The minimum Gasteiger partial charge on any atom is -0.472 e. The largest absolute Gasteiger partial charge is 0.472 e. The molecule has 0 radical (unpaired) electrons. The van der Waals surface area contributed by atoms with Crippen LogP contribution in [0.5, 0.6) is 5.75 Å². The van der Waals surface area contributed by atoms with Gasteiger partial charge in [-0.3, -0.25) is 14.4 Å². The van der Waals surface area contributed by atoms with Crippen LogP contribution in [0.2, 0.25) is 0 Å². The fourth-order valence-corrected chi connectivity index (χ4v) is 5.16. The number of nitrogens with zero attached hydrogens (tertiary/aromatic N) is 2. The van der Waals surface area contributed by atoms with Crippen molar-refractivity contribution in [2.75, 3.05) is 5.75 Å². The highest BCUT2D eigenvalue weighted by Crippen LogP contribution is 2.35. The molecule has 0 unspecified atom stereocenters. The predicted octanol–water partition coefficient (Wildman–Crippen LogP) is 3.17. The highest BCUT2D eigenvalue weighted by molar-refractivity contribution is 7.99. The Morgan fingerprint density at radius 1 is 0.943 bits per heavy atom. The molecule has 0 amide bonds. The number of ether oxygens (including phenoxy) is 4. The third kappa shape index (κ3) is 6.13. The molecule has 9 nitrogen and oxygen atoms in total. The van der Waals surface area contributed by atoms with E-state index in [0.717, 1.165) is 11.3 Å². The Kier molecular flexibility index (Phi) is 7.60. The van der Waals surface area contributed by atoms with Crippen molar-refractivity contribution in [1.29, 1.82) is 0 Å². The fraction of sp³-hybridized carbons (Fsp3) is 0.360. The molecule has 4 atom stereocenters. The number of esters is 3. The zero-order valence-electron chi connectivity index (χ0n) is 19.6. The average Bonchev–Trinajstić information content (AvgIpc) is 3.21. The van der Waals surface area contributed by atoms with E-state index in [4.69, 9.17) is 23.9 Å². The Labute approximate surface area is 206 Å². The summed E-state index contributed by atoms with van der Waals surface area (Å²) in [5.41, 5.74) is 1.88. The van der Waals surface area contributed by atoms with Crippen LogP contribution in [0.3, 0.4) is 0 Å². The van der Waals surface area contributed by atoms with Crippen LogP contribution < -0.4 is 4.74 Å². The quantitative estimate of drug-likeness (QED) is 0.359. The van der Waals surface area contributed by atoms with Gasteiger partial charge in [-0.2, -0.15) is 0 Å². The topological polar surface area (TPSA) is 105 Å². The maximum absolute atomic E-state index is 11.9. The fourth-order valence-electron chi connectivity index (χ4n) is 3.96. The number of aromatic nitrogens is 2. The van der Waals surface area contributed by atoms with E-state index in [2.05, 4.69) is 0 Å². The SMILES string of the molecule is CC(=O)O[C@@H]1[C@@H](OC(C)=O)[C@@H](Oc2cccn3cc(Cc4ccccc4)nc23)SC[C@H]1OC(C)=O. The molecule has 184 valence electrons. The summed E-state index contributed by atoms with van der Waals surface area (Å²) in [6.07, 6.45) is 1.67. The Hall–Kier alpha value is -3.53. The summed E-state index contributed by atoms with van der Waals surface area (Å²) >= 11 is 1.30. The zero-order chi connectivity index (χ0) is 24.9. The molecule has 0 aliphatic carbocycles. The van der Waals surface area contributed by atoms with E-state index in [0.29, 0.717) is 17.8 Å². The Morgan fingerprint density at radius 3 is 2.31 bits per heavy atom. The second-order valence-corrected chi connectivity index (χ2v) is 9.24. The first kappa shape index (κ1) is 24.6. The molecule has 3 heterocycles. The monoisotopic (exact) mass is 498 g/mol. The van der Waals surface area contributed by atoms with E-state index in [9.17, 15) is 14.4 Å². The van der Waals surface area contributed by atoms with Crippen LogP contribution in [0.15, 0.2) is 54.9 Å². The number of rotatable bonds is 7. The number of pyridine rings is 1. The molecule has 1 aromatic carbocycles. The Bertz CT molecular complexity index is 1210. The van der Waals surface area contributed by atoms with Gasteiger partial charge in [0.05, 0.1) is 5.69 Å². The van der Waals surface area contributed by atoms with Crippen LogP contribution in [0, 0.1) is 0 Å². The molecular weight excluding hydrogens is 472 g/mol. The normalized spacial score (nSPS) is 21.8. The molecule has 1 aliphatic rings. The van der Waals surface area contributed by atoms with E-state index in [1.54, 1.807) is 6.07 Å². The lowest BCUT2D eigenvalue weighted by Gasteiger charge is -2.39. The molecule has 35 heavy (non-hydrogen) atoms. The molecule has 0 N–H and O–H groups in total. The third-order valence-corrected chi connectivity index (χ3v) is 6.49. The van der Waals surface area contributed by atoms with Crippen molar-refractivity contribution in [1.82, 2.24) is 9.38 Å². The molecule has 3 aromatic rings. The molecule has 1 aliphatic heterocycles. The number of fused-ring (bicyclic) bond motifs is 1. The van der Waals surface area contributed by atoms with E-state index < -0.39 is 41.7 Å². The number of carbonyl (C=O) groups excluding carboxylic acids is 3. The van der Waals surface area contributed by atoms with E-state index in [1.165, 1.54) is 32.5 Å². The molecular formula is C25H26N2O7S. The van der Waals surface area contributed by atoms with Crippen LogP contribution in [-0.4, -0.2) is 56.8 Å². The molecule has 2 aromatic heterocycles. The number of carbonyl (C=O) groups is 3. The average molecular weight is 499 g/mol. The predicted molar refractivity (Wildman–Crippen MR) is 128 cm³/mol. The first-order valence-electron chi connectivity index (χ1n) is 11.1. The maximum Gasteiger partial charge on any atom is 0.303 e. The standard InChI is InChI=1S/C25H26N2O7S/c1-15(28)31-21-14-35-25(23(33-17(3)30)22(21)32-16(2)29)34-20-10-7-11-27-13-19(26-24(20)27)12-18-8-5-4-6-9-18/h4-11,13,21-23,25H,12,14H2,1-3H3/t21-,22+,23-,25+/m1/s1. The van der Waals surface area contributed by atoms with Gasteiger partial charge in [0.25, 0.3) is 0 Å². The number of imidazole rings is 1. The number of benzene rings is 1. The summed E-state index contributed by atoms with van der Waals surface area (Å²) in [7, 11) is 0. The van der Waals surface area contributed by atoms with E-state index >= 15 is 0 Å². The first-order valence-corrected chi connectivity index (χ1v) is 12.2. The molecule has 4 rings (SSSR count). The Morgan fingerprint density at radius 2 is 1.63 bits per heavy atom. The van der Waals surface area contributed by atoms with Gasteiger partial charge in [-0.25, -0.2) is 4.98 Å². The molecule has 0 bridgehead atoms. The van der Waals surface area contributed by atoms with Gasteiger partial charge in [0.15, 0.2) is 35.1 Å². The lowest BCUT2D eigenvalue weighted by molar-refractivity contribution is -0.186. The summed E-state index contributed by atoms with van der Waals surface area (Å²) in [6.45, 7) is 3.77. The summed E-state index contributed by atoms with van der Waals surface area (Å²) in [5, 5.41) is 0. The molecule has 1 saturated heterocycles. The van der Waals surface area contributed by atoms with Gasteiger partial charge in [-0.15, -0.1) is 11.8 Å². The van der Waals surface area contributed by atoms with Crippen LogP contribution in [0.4, 0.5) is 0 Å². The van der Waals surface area contributed by atoms with E-state index in [-0.39, 0.29) is 5.75 Å². The van der Waals surface area contributed by atoms with Crippen LogP contribution >= 0.6 is 11.8 Å². The van der Waals surface area contributed by atoms with E-state index in [1.807, 2.05) is 53.2 Å². The Balaban J connectivity index is 1.61. The van der Waals surface area contributed by atoms with Crippen LogP contribution in [0.1, 0.15) is 32.0 Å². The van der Waals surface area contributed by atoms with Gasteiger partial charge in [0.2, 0.25) is 0 Å². The van der Waals surface area contributed by atoms with Crippen molar-refractivity contribution in [3.8, 4) is 5.75 Å². The van der Waals surface area contributed by atoms with Crippen molar-refractivity contribution >= 4 is 35.3 Å². The smallest absolute Gasteiger partial charge is 0.303 e. The second kappa shape index (κ2) is 10.8. The van der Waals surface area contributed by atoms with Crippen LogP contribution in [0.25, 0.3) is 5.65 Å². The van der Waals surface area contributed by atoms with Gasteiger partial charge in [0.1, 0.15) is 0 Å². The lowest BCUT2D eigenvalue weighted by atomic mass is 10.1. The summed E-state index contributed by atoms with van der Waals surface area (Å²) in [5.74, 6) is -0.919. The summed E-state index contributed by atoms with van der Waals surface area (Å²) < 4.78 is 24.4. The highest BCUT2D eigenvalue weighted by Gasteiger charge is 2.47. The van der Waals surface area contributed by atoms with Crippen molar-refractivity contribution in [3.05, 3.63) is 66.1 Å². The van der Waals surface area contributed by atoms with Crippen molar-refractivity contribution < 1.29 is 33.3 Å². The van der Waals surface area contributed by atoms with Crippen molar-refractivity contribution in [2.24, 2.45) is 0 Å². The van der Waals surface area contributed by atoms with Gasteiger partial charge < -0.3 is 23.3 Å². The number of thioether (sulfide) groups is 1. The second-order valence-electron chi connectivity index (χ2n) is 8.11. The van der Waals surface area contributed by atoms with Gasteiger partial charge in [0, 0.05) is 45.3 Å². The van der Waals surface area contributed by atoms with Gasteiger partial charge in [-0.1, -0.05) is 30.3 Å². The summed E-state index contributed by atoms with van der Waals surface area (Å²) in [6, 6.07) is 13.6. The van der Waals surface area contributed by atoms with Gasteiger partial charge in [-0.05, 0) is 17.7 Å². The summed E-state index contributed by atoms with van der Waals surface area (Å²) in [4.78, 5) is 40.1. The third-order valence-electron chi connectivity index (χ3n) is 5.27. The minimum absolute atomic E-state index is 0.288. The van der Waals surface area contributed by atoms with Crippen molar-refractivity contribution in [2.45, 2.75) is 50.9 Å². The zero-order valence-corrected chi connectivity index (χ0v) is 20.4. The lowest BCUT2D eigenvalue weighted by Crippen LogP contribution is -2.55. The molecule has 0 saturated carbocycles. The van der Waals surface area contributed by atoms with Crippen LogP contribution in [-0.2, 0) is 35.0 Å². The first-order chi connectivity index (χ1) is 16.8. The van der Waals surface area contributed by atoms with Crippen molar-refractivity contribution in [3.63, 3.8) is 0 Å².